The SMILES string of the molecule is CC(C)Oc1ccc(C(C)c2ccc(Cl)cc2)nc1. The molecule has 1 heterocycles. The quantitative estimate of drug-likeness (QED) is 0.809. The molecule has 19 heavy (non-hydrogen) atoms. The van der Waals surface area contributed by atoms with E-state index in [2.05, 4.69) is 11.9 Å². The van der Waals surface area contributed by atoms with Crippen LogP contribution in [-0.4, -0.2) is 11.1 Å². The molecule has 0 saturated carbocycles. The van der Waals surface area contributed by atoms with Crippen molar-refractivity contribution in [3.8, 4) is 5.75 Å². The highest BCUT2D eigenvalue weighted by atomic mass is 35.5. The van der Waals surface area contributed by atoms with Gasteiger partial charge in [-0.2, -0.15) is 0 Å². The molecule has 3 heteroatoms. The van der Waals surface area contributed by atoms with Crippen LogP contribution in [0.5, 0.6) is 5.75 Å². The van der Waals surface area contributed by atoms with E-state index < -0.39 is 0 Å². The maximum atomic E-state index is 5.90. The summed E-state index contributed by atoms with van der Waals surface area (Å²) < 4.78 is 5.59. The van der Waals surface area contributed by atoms with E-state index in [-0.39, 0.29) is 12.0 Å². The van der Waals surface area contributed by atoms with Crippen molar-refractivity contribution >= 4 is 11.6 Å². The van der Waals surface area contributed by atoms with Crippen LogP contribution in [0.25, 0.3) is 0 Å². The van der Waals surface area contributed by atoms with Gasteiger partial charge in [0, 0.05) is 16.6 Å². The molecular formula is C16H18ClNO. The molecule has 0 aliphatic carbocycles. The number of pyridine rings is 1. The molecule has 1 unspecified atom stereocenters. The molecular weight excluding hydrogens is 258 g/mol. The maximum absolute atomic E-state index is 5.90. The number of halogens is 1. The molecule has 0 saturated heterocycles. The van der Waals surface area contributed by atoms with Crippen LogP contribution in [-0.2, 0) is 0 Å². The van der Waals surface area contributed by atoms with Crippen LogP contribution < -0.4 is 4.74 Å². The second-order valence-corrected chi connectivity index (χ2v) is 5.30. The highest BCUT2D eigenvalue weighted by Crippen LogP contribution is 2.25. The zero-order chi connectivity index (χ0) is 13.8. The van der Waals surface area contributed by atoms with E-state index in [4.69, 9.17) is 16.3 Å². The summed E-state index contributed by atoms with van der Waals surface area (Å²) in [5.74, 6) is 1.05. The van der Waals surface area contributed by atoms with Crippen molar-refractivity contribution in [3.05, 3.63) is 58.9 Å². The summed E-state index contributed by atoms with van der Waals surface area (Å²) in [5.41, 5.74) is 2.23. The normalized spacial score (nSPS) is 12.5. The summed E-state index contributed by atoms with van der Waals surface area (Å²) >= 11 is 5.90. The molecule has 0 radical (unpaired) electrons. The zero-order valence-electron chi connectivity index (χ0n) is 11.4. The topological polar surface area (TPSA) is 22.1 Å². The molecule has 0 spiro atoms. The number of aromatic nitrogens is 1. The Morgan fingerprint density at radius 1 is 1.00 bits per heavy atom. The fourth-order valence-electron chi connectivity index (χ4n) is 1.91. The van der Waals surface area contributed by atoms with E-state index in [1.165, 1.54) is 5.56 Å². The molecule has 2 aromatic rings. The third-order valence-corrected chi connectivity index (χ3v) is 3.20. The average Bonchev–Trinajstić information content (AvgIpc) is 2.39. The lowest BCUT2D eigenvalue weighted by atomic mass is 9.97. The Morgan fingerprint density at radius 3 is 2.21 bits per heavy atom. The Morgan fingerprint density at radius 2 is 1.68 bits per heavy atom. The monoisotopic (exact) mass is 275 g/mol. The highest BCUT2D eigenvalue weighted by Gasteiger charge is 2.10. The Hall–Kier alpha value is -1.54. The number of rotatable bonds is 4. The summed E-state index contributed by atoms with van der Waals surface area (Å²) in [6, 6.07) is 11.9. The summed E-state index contributed by atoms with van der Waals surface area (Å²) in [5, 5.41) is 0.754. The summed E-state index contributed by atoms with van der Waals surface area (Å²) in [7, 11) is 0. The lowest BCUT2D eigenvalue weighted by molar-refractivity contribution is 0.241. The predicted octanol–water partition coefficient (Wildman–Crippen LogP) is 4.67. The number of hydrogen-bond acceptors (Lipinski definition) is 2. The van der Waals surface area contributed by atoms with Gasteiger partial charge in [0.2, 0.25) is 0 Å². The molecule has 100 valence electrons. The zero-order valence-corrected chi connectivity index (χ0v) is 12.2. The lowest BCUT2D eigenvalue weighted by Crippen LogP contribution is -2.06. The molecule has 1 aromatic carbocycles. The van der Waals surface area contributed by atoms with Crippen molar-refractivity contribution in [2.75, 3.05) is 0 Å². The van der Waals surface area contributed by atoms with Crippen molar-refractivity contribution in [1.82, 2.24) is 4.98 Å². The molecule has 0 fully saturated rings. The lowest BCUT2D eigenvalue weighted by Gasteiger charge is -2.13. The van der Waals surface area contributed by atoms with Gasteiger partial charge in [0.15, 0.2) is 0 Å². The highest BCUT2D eigenvalue weighted by molar-refractivity contribution is 6.30. The van der Waals surface area contributed by atoms with E-state index in [0.29, 0.717) is 0 Å². The van der Waals surface area contributed by atoms with Crippen molar-refractivity contribution in [3.63, 3.8) is 0 Å². The first-order chi connectivity index (χ1) is 9.06. The molecule has 0 aliphatic heterocycles. The summed E-state index contributed by atoms with van der Waals surface area (Å²) in [4.78, 5) is 4.47. The van der Waals surface area contributed by atoms with E-state index >= 15 is 0 Å². The van der Waals surface area contributed by atoms with E-state index in [0.717, 1.165) is 16.5 Å². The van der Waals surface area contributed by atoms with Crippen LogP contribution >= 0.6 is 11.6 Å². The van der Waals surface area contributed by atoms with Gasteiger partial charge in [0.25, 0.3) is 0 Å². The minimum absolute atomic E-state index is 0.168. The number of ether oxygens (including phenoxy) is 1. The van der Waals surface area contributed by atoms with Gasteiger partial charge in [-0.15, -0.1) is 0 Å². The van der Waals surface area contributed by atoms with Crippen LogP contribution in [0.4, 0.5) is 0 Å². The first-order valence-corrected chi connectivity index (χ1v) is 6.82. The Bertz CT molecular complexity index is 519. The van der Waals surface area contributed by atoms with Crippen molar-refractivity contribution in [1.29, 1.82) is 0 Å². The maximum Gasteiger partial charge on any atom is 0.137 e. The second-order valence-electron chi connectivity index (χ2n) is 4.86. The molecule has 1 atom stereocenters. The van der Waals surface area contributed by atoms with Gasteiger partial charge in [-0.1, -0.05) is 30.7 Å². The van der Waals surface area contributed by atoms with Crippen molar-refractivity contribution in [2.45, 2.75) is 32.8 Å². The first kappa shape index (κ1) is 13.9. The first-order valence-electron chi connectivity index (χ1n) is 6.44. The largest absolute Gasteiger partial charge is 0.489 e. The van der Waals surface area contributed by atoms with Gasteiger partial charge >= 0.3 is 0 Å². The Balaban J connectivity index is 2.15. The van der Waals surface area contributed by atoms with Gasteiger partial charge in [-0.25, -0.2) is 0 Å². The van der Waals surface area contributed by atoms with Crippen molar-refractivity contribution < 1.29 is 4.74 Å². The van der Waals surface area contributed by atoms with E-state index in [1.807, 2.05) is 50.2 Å². The van der Waals surface area contributed by atoms with Gasteiger partial charge in [0.05, 0.1) is 12.3 Å². The summed E-state index contributed by atoms with van der Waals surface area (Å²) in [6.07, 6.45) is 1.95. The van der Waals surface area contributed by atoms with E-state index in [9.17, 15) is 0 Å². The van der Waals surface area contributed by atoms with Gasteiger partial charge < -0.3 is 4.74 Å². The minimum Gasteiger partial charge on any atom is -0.489 e. The molecule has 2 rings (SSSR count). The standard InChI is InChI=1S/C16H18ClNO/c1-11(2)19-15-8-9-16(18-10-15)12(3)13-4-6-14(17)7-5-13/h4-12H,1-3H3. The van der Waals surface area contributed by atoms with Crippen LogP contribution in [0.1, 0.15) is 37.9 Å². The predicted molar refractivity (Wildman–Crippen MR) is 79.0 cm³/mol. The Labute approximate surface area is 119 Å². The fourth-order valence-corrected chi connectivity index (χ4v) is 2.04. The third-order valence-electron chi connectivity index (χ3n) is 2.94. The molecule has 0 N–H and O–H groups in total. The number of nitrogens with zero attached hydrogens (tertiary/aromatic N) is 1. The molecule has 2 nitrogen and oxygen atoms in total. The molecule has 1 aromatic heterocycles. The van der Waals surface area contributed by atoms with Gasteiger partial charge in [0.1, 0.15) is 5.75 Å². The van der Waals surface area contributed by atoms with Crippen LogP contribution in [0.2, 0.25) is 5.02 Å². The van der Waals surface area contributed by atoms with Gasteiger partial charge in [-0.05, 0) is 43.7 Å². The fraction of sp³-hybridized carbons (Fsp3) is 0.312. The van der Waals surface area contributed by atoms with Crippen LogP contribution in [0.15, 0.2) is 42.6 Å². The summed E-state index contributed by atoms with van der Waals surface area (Å²) in [6.45, 7) is 6.14. The molecule has 0 amide bonds. The molecule has 0 aliphatic rings. The number of hydrogen-bond donors (Lipinski definition) is 0. The number of benzene rings is 1. The van der Waals surface area contributed by atoms with Crippen LogP contribution in [0, 0.1) is 0 Å². The third kappa shape index (κ3) is 3.71. The average molecular weight is 276 g/mol. The van der Waals surface area contributed by atoms with Gasteiger partial charge in [-0.3, -0.25) is 4.98 Å². The Kier molecular flexibility index (Phi) is 4.43. The second kappa shape index (κ2) is 6.07. The van der Waals surface area contributed by atoms with E-state index in [1.54, 1.807) is 6.20 Å². The van der Waals surface area contributed by atoms with Crippen molar-refractivity contribution in [2.24, 2.45) is 0 Å². The minimum atomic E-state index is 0.168. The molecule has 0 bridgehead atoms. The van der Waals surface area contributed by atoms with Crippen LogP contribution in [0.3, 0.4) is 0 Å². The smallest absolute Gasteiger partial charge is 0.137 e.